The van der Waals surface area contributed by atoms with Gasteiger partial charge in [-0.25, -0.2) is 4.79 Å². The van der Waals surface area contributed by atoms with Crippen LogP contribution in [0.3, 0.4) is 0 Å². The number of allylic oxidation sites excluding steroid dienone is 1. The zero-order valence-corrected chi connectivity index (χ0v) is 18.0. The molecule has 0 heterocycles. The first-order chi connectivity index (χ1) is 13.9. The largest absolute Gasteiger partial charge is 0.496 e. The molecule has 2 aromatic rings. The van der Waals surface area contributed by atoms with Gasteiger partial charge in [0.05, 0.1) is 12.7 Å². The van der Waals surface area contributed by atoms with Crippen molar-refractivity contribution in [3.05, 3.63) is 64.2 Å². The van der Waals surface area contributed by atoms with Crippen molar-refractivity contribution in [3.8, 4) is 5.75 Å². The third kappa shape index (κ3) is 4.55. The van der Waals surface area contributed by atoms with Gasteiger partial charge >= 0.3 is 5.97 Å². The number of hydrogen-bond acceptors (Lipinski definition) is 2. The number of aromatic carboxylic acids is 1. The molecule has 3 heteroatoms. The molecule has 1 saturated carbocycles. The minimum Gasteiger partial charge on any atom is -0.496 e. The van der Waals surface area contributed by atoms with Crippen molar-refractivity contribution in [1.82, 2.24) is 0 Å². The van der Waals surface area contributed by atoms with E-state index in [0.717, 1.165) is 16.9 Å². The Hall–Kier alpha value is -2.55. The topological polar surface area (TPSA) is 46.5 Å². The Morgan fingerprint density at radius 1 is 1.14 bits per heavy atom. The normalized spacial score (nSPS) is 16.5. The standard InChI is InChI=1S/C26H32O3/c1-5-20-16-19(9-11-22(20)25(27)28)15-18(2)21-10-12-24(29-4)23(17-21)26(3)13-7-6-8-14-26/h9-12,15-17H,5-8,13-14H2,1-4H3,(H,27,28)/b18-15-. The highest BCUT2D eigenvalue weighted by Gasteiger charge is 2.31. The van der Waals surface area contributed by atoms with Gasteiger partial charge in [-0.3, -0.25) is 0 Å². The molecule has 3 nitrogen and oxygen atoms in total. The van der Waals surface area contributed by atoms with Gasteiger partial charge in [0, 0.05) is 5.56 Å². The molecule has 0 atom stereocenters. The smallest absolute Gasteiger partial charge is 0.335 e. The van der Waals surface area contributed by atoms with E-state index in [2.05, 4.69) is 38.1 Å². The van der Waals surface area contributed by atoms with Crippen molar-refractivity contribution in [1.29, 1.82) is 0 Å². The fraction of sp³-hybridized carbons (Fsp3) is 0.423. The lowest BCUT2D eigenvalue weighted by Crippen LogP contribution is -2.25. The Bertz CT molecular complexity index is 918. The highest BCUT2D eigenvalue weighted by Crippen LogP contribution is 2.43. The first-order valence-electron chi connectivity index (χ1n) is 10.6. The summed E-state index contributed by atoms with van der Waals surface area (Å²) in [4.78, 5) is 11.4. The molecule has 154 valence electrons. The summed E-state index contributed by atoms with van der Waals surface area (Å²) in [5, 5.41) is 9.35. The highest BCUT2D eigenvalue weighted by molar-refractivity contribution is 5.90. The SMILES string of the molecule is CCc1cc(/C=C(/C)c2ccc(OC)c(C3(C)CCCCC3)c2)ccc1C(=O)O. The number of carboxylic acids is 1. The van der Waals surface area contributed by atoms with Crippen LogP contribution in [0.2, 0.25) is 0 Å². The number of methoxy groups -OCH3 is 1. The summed E-state index contributed by atoms with van der Waals surface area (Å²) < 4.78 is 5.71. The van der Waals surface area contributed by atoms with Gasteiger partial charge in [0.25, 0.3) is 0 Å². The van der Waals surface area contributed by atoms with E-state index in [4.69, 9.17) is 4.74 Å². The van der Waals surface area contributed by atoms with Crippen LogP contribution in [0, 0.1) is 0 Å². The molecule has 0 radical (unpaired) electrons. The van der Waals surface area contributed by atoms with Crippen molar-refractivity contribution in [2.24, 2.45) is 0 Å². The molecule has 29 heavy (non-hydrogen) atoms. The minimum absolute atomic E-state index is 0.165. The molecule has 0 unspecified atom stereocenters. The first-order valence-corrected chi connectivity index (χ1v) is 10.6. The summed E-state index contributed by atoms with van der Waals surface area (Å²) in [6.45, 7) is 6.47. The predicted molar refractivity (Wildman–Crippen MR) is 120 cm³/mol. The molecule has 1 aliphatic rings. The molecule has 3 rings (SSSR count). The summed E-state index contributed by atoms with van der Waals surface area (Å²) >= 11 is 0. The van der Waals surface area contributed by atoms with Crippen LogP contribution in [0.15, 0.2) is 36.4 Å². The zero-order valence-electron chi connectivity index (χ0n) is 18.0. The number of ether oxygens (including phenoxy) is 1. The second kappa shape index (κ2) is 8.86. The quantitative estimate of drug-likeness (QED) is 0.554. The van der Waals surface area contributed by atoms with Gasteiger partial charge in [-0.05, 0) is 72.1 Å². The van der Waals surface area contributed by atoms with Gasteiger partial charge in [0.2, 0.25) is 0 Å². The maximum atomic E-state index is 11.4. The number of hydrogen-bond donors (Lipinski definition) is 1. The molecule has 1 aliphatic carbocycles. The van der Waals surface area contributed by atoms with E-state index in [1.165, 1.54) is 48.8 Å². The molecule has 1 N–H and O–H groups in total. The van der Waals surface area contributed by atoms with Crippen LogP contribution in [0.4, 0.5) is 0 Å². The monoisotopic (exact) mass is 392 g/mol. The summed E-state index contributed by atoms with van der Waals surface area (Å²) in [6.07, 6.45) is 9.11. The Morgan fingerprint density at radius 2 is 1.86 bits per heavy atom. The molecule has 0 saturated heterocycles. The molecule has 0 aliphatic heterocycles. The number of rotatable bonds is 6. The van der Waals surface area contributed by atoms with Gasteiger partial charge < -0.3 is 9.84 Å². The van der Waals surface area contributed by atoms with E-state index in [1.54, 1.807) is 13.2 Å². The molecule has 0 spiro atoms. The molecule has 2 aromatic carbocycles. The van der Waals surface area contributed by atoms with E-state index >= 15 is 0 Å². The third-order valence-corrected chi connectivity index (χ3v) is 6.39. The average molecular weight is 393 g/mol. The van der Waals surface area contributed by atoms with Crippen LogP contribution < -0.4 is 4.74 Å². The summed E-state index contributed by atoms with van der Waals surface area (Å²) in [7, 11) is 1.75. The molecular weight excluding hydrogens is 360 g/mol. The Balaban J connectivity index is 1.98. The number of carboxylic acid groups (broad SMARTS) is 1. The molecule has 0 amide bonds. The van der Waals surface area contributed by atoms with Crippen LogP contribution in [0.5, 0.6) is 5.75 Å². The first kappa shape index (κ1) is 21.2. The fourth-order valence-electron chi connectivity index (χ4n) is 4.56. The molecule has 0 bridgehead atoms. The number of benzene rings is 2. The zero-order chi connectivity index (χ0) is 21.0. The lowest BCUT2D eigenvalue weighted by Gasteiger charge is -2.35. The van der Waals surface area contributed by atoms with Crippen LogP contribution >= 0.6 is 0 Å². The summed E-state index contributed by atoms with van der Waals surface area (Å²) in [6, 6.07) is 12.1. The van der Waals surface area contributed by atoms with Gasteiger partial charge in [0.1, 0.15) is 5.75 Å². The average Bonchev–Trinajstić information content (AvgIpc) is 2.73. The van der Waals surface area contributed by atoms with Gasteiger partial charge in [-0.2, -0.15) is 0 Å². The van der Waals surface area contributed by atoms with Crippen LogP contribution in [-0.2, 0) is 11.8 Å². The van der Waals surface area contributed by atoms with E-state index in [-0.39, 0.29) is 5.41 Å². The highest BCUT2D eigenvalue weighted by atomic mass is 16.5. The van der Waals surface area contributed by atoms with Crippen LogP contribution in [0.25, 0.3) is 11.6 Å². The number of carbonyl (C=O) groups is 1. The maximum Gasteiger partial charge on any atom is 0.335 e. The van der Waals surface area contributed by atoms with Gasteiger partial charge in [-0.1, -0.05) is 57.4 Å². The second-order valence-electron chi connectivity index (χ2n) is 8.44. The molecular formula is C26H32O3. The number of aryl methyl sites for hydroxylation is 1. The van der Waals surface area contributed by atoms with E-state index in [0.29, 0.717) is 12.0 Å². The van der Waals surface area contributed by atoms with Crippen molar-refractivity contribution in [2.45, 2.75) is 64.7 Å². The Morgan fingerprint density at radius 3 is 2.48 bits per heavy atom. The summed E-state index contributed by atoms with van der Waals surface area (Å²) in [5.41, 5.74) is 6.11. The lowest BCUT2D eigenvalue weighted by molar-refractivity contribution is 0.0695. The third-order valence-electron chi connectivity index (χ3n) is 6.39. The maximum absolute atomic E-state index is 11.4. The predicted octanol–water partition coefficient (Wildman–Crippen LogP) is 6.74. The lowest BCUT2D eigenvalue weighted by atomic mass is 9.70. The van der Waals surface area contributed by atoms with Crippen LogP contribution in [-0.4, -0.2) is 18.2 Å². The fourth-order valence-corrected chi connectivity index (χ4v) is 4.56. The Kier molecular flexibility index (Phi) is 6.46. The minimum atomic E-state index is -0.866. The van der Waals surface area contributed by atoms with Crippen molar-refractivity contribution >= 4 is 17.6 Å². The van der Waals surface area contributed by atoms with Crippen molar-refractivity contribution in [3.63, 3.8) is 0 Å². The molecule has 0 aromatic heterocycles. The van der Waals surface area contributed by atoms with Gasteiger partial charge in [-0.15, -0.1) is 0 Å². The van der Waals surface area contributed by atoms with E-state index in [1.807, 2.05) is 19.1 Å². The van der Waals surface area contributed by atoms with Crippen molar-refractivity contribution in [2.75, 3.05) is 7.11 Å². The molecule has 1 fully saturated rings. The van der Waals surface area contributed by atoms with Crippen LogP contribution in [0.1, 0.15) is 85.5 Å². The summed E-state index contributed by atoms with van der Waals surface area (Å²) in [5.74, 6) is 0.111. The van der Waals surface area contributed by atoms with E-state index in [9.17, 15) is 9.90 Å². The Labute approximate surface area is 174 Å². The van der Waals surface area contributed by atoms with Gasteiger partial charge in [0.15, 0.2) is 0 Å². The second-order valence-corrected chi connectivity index (χ2v) is 8.44. The van der Waals surface area contributed by atoms with E-state index < -0.39 is 5.97 Å². The van der Waals surface area contributed by atoms with Crippen molar-refractivity contribution < 1.29 is 14.6 Å².